The van der Waals surface area contributed by atoms with Crippen LogP contribution in [0.25, 0.3) is 0 Å². The monoisotopic (exact) mass is 239 g/mol. The lowest BCUT2D eigenvalue weighted by atomic mass is 10.1. The third-order valence-corrected chi connectivity index (χ3v) is 2.51. The quantitative estimate of drug-likeness (QED) is 0.583. The van der Waals surface area contributed by atoms with Gasteiger partial charge in [-0.15, -0.1) is 0 Å². The molecule has 1 unspecified atom stereocenters. The highest BCUT2D eigenvalue weighted by molar-refractivity contribution is 5.32. The number of methoxy groups -OCH3 is 1. The second kappa shape index (κ2) is 6.98. The Morgan fingerprint density at radius 1 is 1.41 bits per heavy atom. The van der Waals surface area contributed by atoms with E-state index in [1.807, 2.05) is 0 Å². The maximum Gasteiger partial charge on any atom is 0.269 e. The van der Waals surface area contributed by atoms with Crippen molar-refractivity contribution >= 4 is 5.69 Å². The molecule has 0 radical (unpaired) electrons. The van der Waals surface area contributed by atoms with Crippen LogP contribution in [0.4, 0.5) is 5.69 Å². The SMILES string of the molecule is COCC(O)CCCc1ccc([N+](=O)[O-])cc1. The maximum absolute atomic E-state index is 10.4. The first-order valence-electron chi connectivity index (χ1n) is 5.54. The van der Waals surface area contributed by atoms with Crippen LogP contribution in [0.15, 0.2) is 24.3 Å². The fourth-order valence-corrected chi connectivity index (χ4v) is 1.60. The van der Waals surface area contributed by atoms with Crippen molar-refractivity contribution in [1.29, 1.82) is 0 Å². The molecule has 0 aliphatic carbocycles. The van der Waals surface area contributed by atoms with Crippen LogP contribution in [0.1, 0.15) is 18.4 Å². The first kappa shape index (κ1) is 13.6. The number of aliphatic hydroxyl groups excluding tert-OH is 1. The number of non-ortho nitro benzene ring substituents is 1. The molecule has 1 rings (SSSR count). The molecule has 0 saturated carbocycles. The van der Waals surface area contributed by atoms with Crippen LogP contribution in [0.2, 0.25) is 0 Å². The van der Waals surface area contributed by atoms with Gasteiger partial charge in [0.05, 0.1) is 17.6 Å². The number of rotatable bonds is 7. The van der Waals surface area contributed by atoms with Crippen LogP contribution in [0.3, 0.4) is 0 Å². The summed E-state index contributed by atoms with van der Waals surface area (Å²) in [6.45, 7) is 0.347. The van der Waals surface area contributed by atoms with Crippen molar-refractivity contribution in [3.05, 3.63) is 39.9 Å². The van der Waals surface area contributed by atoms with Crippen molar-refractivity contribution in [1.82, 2.24) is 0 Å². The number of aryl methyl sites for hydroxylation is 1. The third kappa shape index (κ3) is 4.93. The Morgan fingerprint density at radius 3 is 2.59 bits per heavy atom. The van der Waals surface area contributed by atoms with Crippen molar-refractivity contribution in [2.75, 3.05) is 13.7 Å². The number of nitro groups is 1. The summed E-state index contributed by atoms with van der Waals surface area (Å²) >= 11 is 0. The standard InChI is InChI=1S/C12H17NO4/c1-17-9-12(14)4-2-3-10-5-7-11(8-6-10)13(15)16/h5-8,12,14H,2-4,9H2,1H3. The molecule has 0 fully saturated rings. The first-order valence-corrected chi connectivity index (χ1v) is 5.54. The number of nitrogens with zero attached hydrogens (tertiary/aromatic N) is 1. The predicted octanol–water partition coefficient (Wildman–Crippen LogP) is 1.92. The summed E-state index contributed by atoms with van der Waals surface area (Å²) in [4.78, 5) is 10.0. The summed E-state index contributed by atoms with van der Waals surface area (Å²) in [5.74, 6) is 0. The number of aliphatic hydroxyl groups is 1. The molecule has 0 heterocycles. The molecule has 0 spiro atoms. The van der Waals surface area contributed by atoms with E-state index in [0.29, 0.717) is 13.0 Å². The highest BCUT2D eigenvalue weighted by atomic mass is 16.6. The first-order chi connectivity index (χ1) is 8.13. The summed E-state index contributed by atoms with van der Waals surface area (Å²) < 4.78 is 4.82. The van der Waals surface area contributed by atoms with Gasteiger partial charge in [0.15, 0.2) is 0 Å². The zero-order valence-electron chi connectivity index (χ0n) is 9.83. The highest BCUT2D eigenvalue weighted by Crippen LogP contribution is 2.14. The number of ether oxygens (including phenoxy) is 1. The van der Waals surface area contributed by atoms with Gasteiger partial charge in [-0.1, -0.05) is 12.1 Å². The Balaban J connectivity index is 2.34. The molecule has 0 aromatic heterocycles. The van der Waals surface area contributed by atoms with Crippen LogP contribution in [0.5, 0.6) is 0 Å². The fourth-order valence-electron chi connectivity index (χ4n) is 1.60. The molecule has 0 bridgehead atoms. The molecule has 0 aliphatic rings. The van der Waals surface area contributed by atoms with E-state index in [-0.39, 0.29) is 5.69 Å². The smallest absolute Gasteiger partial charge is 0.269 e. The maximum atomic E-state index is 10.4. The van der Waals surface area contributed by atoms with Gasteiger partial charge in [0, 0.05) is 19.2 Å². The summed E-state index contributed by atoms with van der Waals surface area (Å²) in [5.41, 5.74) is 1.15. The van der Waals surface area contributed by atoms with Gasteiger partial charge >= 0.3 is 0 Å². The Hall–Kier alpha value is -1.46. The summed E-state index contributed by atoms with van der Waals surface area (Å²) in [7, 11) is 1.56. The second-order valence-electron chi connectivity index (χ2n) is 3.92. The molecular formula is C12H17NO4. The van der Waals surface area contributed by atoms with Gasteiger partial charge < -0.3 is 9.84 Å². The number of hydrogen-bond donors (Lipinski definition) is 1. The van der Waals surface area contributed by atoms with Gasteiger partial charge in [0.2, 0.25) is 0 Å². The molecule has 94 valence electrons. The molecule has 1 N–H and O–H groups in total. The van der Waals surface area contributed by atoms with Crippen LogP contribution >= 0.6 is 0 Å². The van der Waals surface area contributed by atoms with E-state index in [1.54, 1.807) is 19.2 Å². The molecular weight excluding hydrogens is 222 g/mol. The number of nitro benzene ring substituents is 1. The van der Waals surface area contributed by atoms with Crippen LogP contribution in [-0.4, -0.2) is 29.9 Å². The molecule has 17 heavy (non-hydrogen) atoms. The van der Waals surface area contributed by atoms with E-state index in [4.69, 9.17) is 4.74 Å². The van der Waals surface area contributed by atoms with Crippen molar-refractivity contribution in [3.8, 4) is 0 Å². The van der Waals surface area contributed by atoms with E-state index >= 15 is 0 Å². The average molecular weight is 239 g/mol. The predicted molar refractivity (Wildman–Crippen MR) is 63.9 cm³/mol. The summed E-state index contributed by atoms with van der Waals surface area (Å²) in [5, 5.41) is 19.9. The van der Waals surface area contributed by atoms with Gasteiger partial charge in [0.1, 0.15) is 0 Å². The molecule has 0 aliphatic heterocycles. The lowest BCUT2D eigenvalue weighted by molar-refractivity contribution is -0.384. The molecule has 1 atom stereocenters. The van der Waals surface area contributed by atoms with Crippen LogP contribution in [-0.2, 0) is 11.2 Å². The Kier molecular flexibility index (Phi) is 5.59. The van der Waals surface area contributed by atoms with Crippen LogP contribution in [0, 0.1) is 10.1 Å². The Bertz CT molecular complexity index is 350. The normalized spacial score (nSPS) is 12.4. The average Bonchev–Trinajstić information content (AvgIpc) is 2.30. The van der Waals surface area contributed by atoms with Gasteiger partial charge in [-0.3, -0.25) is 10.1 Å². The van der Waals surface area contributed by atoms with E-state index < -0.39 is 11.0 Å². The molecule has 0 amide bonds. The van der Waals surface area contributed by atoms with Gasteiger partial charge in [-0.2, -0.15) is 0 Å². The highest BCUT2D eigenvalue weighted by Gasteiger charge is 2.05. The van der Waals surface area contributed by atoms with Crippen LogP contribution < -0.4 is 0 Å². The number of benzene rings is 1. The minimum atomic E-state index is -0.432. The Morgan fingerprint density at radius 2 is 2.06 bits per heavy atom. The third-order valence-electron chi connectivity index (χ3n) is 2.51. The lowest BCUT2D eigenvalue weighted by Crippen LogP contribution is -2.13. The fraction of sp³-hybridized carbons (Fsp3) is 0.500. The summed E-state index contributed by atoms with van der Waals surface area (Å²) in [6.07, 6.45) is 1.88. The van der Waals surface area contributed by atoms with Crippen molar-refractivity contribution in [2.45, 2.75) is 25.4 Å². The van der Waals surface area contributed by atoms with Gasteiger partial charge in [-0.25, -0.2) is 0 Å². The molecule has 0 saturated heterocycles. The van der Waals surface area contributed by atoms with E-state index in [1.165, 1.54) is 12.1 Å². The minimum absolute atomic E-state index is 0.105. The van der Waals surface area contributed by atoms with Crippen molar-refractivity contribution < 1.29 is 14.8 Å². The van der Waals surface area contributed by atoms with Gasteiger partial charge in [0.25, 0.3) is 5.69 Å². The topological polar surface area (TPSA) is 72.6 Å². The largest absolute Gasteiger partial charge is 0.391 e. The molecule has 5 nitrogen and oxygen atoms in total. The van der Waals surface area contributed by atoms with E-state index in [9.17, 15) is 15.2 Å². The van der Waals surface area contributed by atoms with E-state index in [0.717, 1.165) is 18.4 Å². The van der Waals surface area contributed by atoms with Gasteiger partial charge in [-0.05, 0) is 24.8 Å². The Labute approximate surface area is 100 Å². The molecule has 1 aromatic carbocycles. The van der Waals surface area contributed by atoms with E-state index in [2.05, 4.69) is 0 Å². The zero-order chi connectivity index (χ0) is 12.7. The minimum Gasteiger partial charge on any atom is -0.391 e. The molecule has 5 heteroatoms. The zero-order valence-corrected chi connectivity index (χ0v) is 9.83. The number of hydrogen-bond acceptors (Lipinski definition) is 4. The second-order valence-corrected chi connectivity index (χ2v) is 3.92. The molecule has 1 aromatic rings. The summed E-state index contributed by atoms with van der Waals surface area (Å²) in [6, 6.07) is 6.50. The van der Waals surface area contributed by atoms with Crippen molar-refractivity contribution in [3.63, 3.8) is 0 Å². The lowest BCUT2D eigenvalue weighted by Gasteiger charge is -2.08. The van der Waals surface area contributed by atoms with Crippen molar-refractivity contribution in [2.24, 2.45) is 0 Å².